The van der Waals surface area contributed by atoms with Crippen molar-refractivity contribution in [2.75, 3.05) is 0 Å². The van der Waals surface area contributed by atoms with Crippen LogP contribution in [0.2, 0.25) is 0 Å². The molecule has 4 nitrogen and oxygen atoms in total. The van der Waals surface area contributed by atoms with Crippen LogP contribution in [0.4, 0.5) is 0 Å². The molecule has 1 aromatic heterocycles. The van der Waals surface area contributed by atoms with Crippen molar-refractivity contribution in [3.05, 3.63) is 66.6 Å². The molecule has 3 rings (SSSR count). The second-order valence-corrected chi connectivity index (χ2v) is 6.77. The summed E-state index contributed by atoms with van der Waals surface area (Å²) in [6.07, 6.45) is 2.90. The molecule has 3 aromatic rings. The first-order valence-electron chi connectivity index (χ1n) is 9.57. The first kappa shape index (κ1) is 18.9. The van der Waals surface area contributed by atoms with E-state index >= 15 is 0 Å². The molecule has 0 radical (unpaired) electrons. The van der Waals surface area contributed by atoms with Crippen molar-refractivity contribution in [1.29, 1.82) is 0 Å². The van der Waals surface area contributed by atoms with Crippen LogP contribution in [0.1, 0.15) is 39.0 Å². The van der Waals surface area contributed by atoms with Gasteiger partial charge in [0.05, 0.1) is 0 Å². The summed E-state index contributed by atoms with van der Waals surface area (Å²) in [6, 6.07) is 20.2. The Kier molecular flexibility index (Phi) is 6.42. The van der Waals surface area contributed by atoms with Crippen LogP contribution in [0.3, 0.4) is 0 Å². The van der Waals surface area contributed by atoms with E-state index in [1.54, 1.807) is 0 Å². The first-order chi connectivity index (χ1) is 13.2. The molecule has 0 aliphatic rings. The molecule has 27 heavy (non-hydrogen) atoms. The van der Waals surface area contributed by atoms with Crippen molar-refractivity contribution in [3.63, 3.8) is 0 Å². The van der Waals surface area contributed by atoms with E-state index < -0.39 is 0 Å². The molecule has 0 fully saturated rings. The monoisotopic (exact) mass is 362 g/mol. The van der Waals surface area contributed by atoms with E-state index in [1.807, 2.05) is 67.6 Å². The molecule has 140 valence electrons. The summed E-state index contributed by atoms with van der Waals surface area (Å²) in [5.41, 5.74) is 2.81. The molecule has 1 N–H and O–H groups in total. The van der Waals surface area contributed by atoms with Crippen LogP contribution >= 0.6 is 0 Å². The maximum atomic E-state index is 12.2. The molecule has 0 spiro atoms. The standard InChI is InChI=1S/C23H26N2O2/c1-3-10-17(2)24-20(26)15-16-21-25-22(18-11-6-4-7-12-18)23(27-21)19-13-8-5-9-14-19/h4-9,11-14,17H,3,10,15-16H2,1-2H3,(H,24,26)/t17-/m1/s1. The molecule has 0 saturated heterocycles. The van der Waals surface area contributed by atoms with E-state index in [9.17, 15) is 4.79 Å². The number of aromatic nitrogens is 1. The molecule has 1 heterocycles. The van der Waals surface area contributed by atoms with E-state index in [0.717, 1.165) is 35.4 Å². The van der Waals surface area contributed by atoms with Gasteiger partial charge in [-0.25, -0.2) is 4.98 Å². The average Bonchev–Trinajstić information content (AvgIpc) is 3.12. The molecule has 1 amide bonds. The zero-order valence-electron chi connectivity index (χ0n) is 15.9. The highest BCUT2D eigenvalue weighted by molar-refractivity contribution is 5.78. The van der Waals surface area contributed by atoms with Crippen LogP contribution in [-0.4, -0.2) is 16.9 Å². The van der Waals surface area contributed by atoms with Gasteiger partial charge in [-0.3, -0.25) is 4.79 Å². The van der Waals surface area contributed by atoms with E-state index in [-0.39, 0.29) is 11.9 Å². The minimum Gasteiger partial charge on any atom is -0.440 e. The zero-order chi connectivity index (χ0) is 19.1. The maximum Gasteiger partial charge on any atom is 0.220 e. The molecule has 1 atom stereocenters. The van der Waals surface area contributed by atoms with Gasteiger partial charge in [0.1, 0.15) is 5.69 Å². The van der Waals surface area contributed by atoms with Crippen LogP contribution in [0.5, 0.6) is 0 Å². The van der Waals surface area contributed by atoms with E-state index in [0.29, 0.717) is 18.7 Å². The Balaban J connectivity index is 1.79. The van der Waals surface area contributed by atoms with Crippen LogP contribution in [-0.2, 0) is 11.2 Å². The molecule has 4 heteroatoms. The van der Waals surface area contributed by atoms with E-state index in [2.05, 4.69) is 12.2 Å². The molecule has 0 aliphatic heterocycles. The smallest absolute Gasteiger partial charge is 0.220 e. The number of benzene rings is 2. The number of nitrogens with one attached hydrogen (secondary N) is 1. The van der Waals surface area contributed by atoms with Gasteiger partial charge in [0.15, 0.2) is 11.7 Å². The van der Waals surface area contributed by atoms with Gasteiger partial charge in [-0.05, 0) is 13.3 Å². The normalized spacial score (nSPS) is 11.9. The van der Waals surface area contributed by atoms with Gasteiger partial charge in [-0.1, -0.05) is 74.0 Å². The second kappa shape index (κ2) is 9.17. The van der Waals surface area contributed by atoms with Gasteiger partial charge in [-0.2, -0.15) is 0 Å². The second-order valence-electron chi connectivity index (χ2n) is 6.77. The molecular formula is C23H26N2O2. The summed E-state index contributed by atoms with van der Waals surface area (Å²) in [5.74, 6) is 1.37. The molecule has 0 aliphatic carbocycles. The summed E-state index contributed by atoms with van der Waals surface area (Å²) in [5, 5.41) is 3.03. The summed E-state index contributed by atoms with van der Waals surface area (Å²) < 4.78 is 6.07. The highest BCUT2D eigenvalue weighted by atomic mass is 16.4. The lowest BCUT2D eigenvalue weighted by Crippen LogP contribution is -2.32. The predicted molar refractivity (Wildman–Crippen MR) is 108 cm³/mol. The summed E-state index contributed by atoms with van der Waals surface area (Å²) >= 11 is 0. The number of hydrogen-bond acceptors (Lipinski definition) is 3. The van der Waals surface area contributed by atoms with Gasteiger partial charge in [0.2, 0.25) is 5.91 Å². The SMILES string of the molecule is CCC[C@@H](C)NC(=O)CCc1nc(-c2ccccc2)c(-c2ccccc2)o1. The van der Waals surface area contributed by atoms with Gasteiger partial charge in [0, 0.05) is 30.0 Å². The third-order valence-electron chi connectivity index (χ3n) is 4.45. The Morgan fingerprint density at radius 2 is 1.67 bits per heavy atom. The fourth-order valence-electron chi connectivity index (χ4n) is 3.12. The molecule has 0 bridgehead atoms. The molecular weight excluding hydrogens is 336 g/mol. The Morgan fingerprint density at radius 1 is 1.04 bits per heavy atom. The Morgan fingerprint density at radius 3 is 2.30 bits per heavy atom. The third-order valence-corrected chi connectivity index (χ3v) is 4.45. The van der Waals surface area contributed by atoms with Gasteiger partial charge in [0.25, 0.3) is 0 Å². The molecule has 0 saturated carbocycles. The predicted octanol–water partition coefficient (Wildman–Crippen LogP) is 5.25. The quantitative estimate of drug-likeness (QED) is 0.596. The minimum absolute atomic E-state index is 0.0386. The summed E-state index contributed by atoms with van der Waals surface area (Å²) in [7, 11) is 0. The van der Waals surface area contributed by atoms with Crippen LogP contribution in [0, 0.1) is 0 Å². The fourth-order valence-corrected chi connectivity index (χ4v) is 3.12. The lowest BCUT2D eigenvalue weighted by Gasteiger charge is -2.11. The highest BCUT2D eigenvalue weighted by Crippen LogP contribution is 2.32. The number of hydrogen-bond donors (Lipinski definition) is 1. The maximum absolute atomic E-state index is 12.2. The number of rotatable bonds is 8. The number of oxazole rings is 1. The molecule has 2 aromatic carbocycles. The number of carbonyl (C=O) groups excluding carboxylic acids is 1. The van der Waals surface area contributed by atoms with Crippen molar-refractivity contribution in [2.24, 2.45) is 0 Å². The van der Waals surface area contributed by atoms with E-state index in [1.165, 1.54) is 0 Å². The lowest BCUT2D eigenvalue weighted by atomic mass is 10.1. The zero-order valence-corrected chi connectivity index (χ0v) is 15.9. The van der Waals surface area contributed by atoms with Crippen LogP contribution in [0.25, 0.3) is 22.6 Å². The Labute approximate surface area is 160 Å². The summed E-state index contributed by atoms with van der Waals surface area (Å²) in [6.45, 7) is 4.15. The highest BCUT2D eigenvalue weighted by Gasteiger charge is 2.17. The Hall–Kier alpha value is -2.88. The number of carbonyl (C=O) groups is 1. The molecule has 0 unspecified atom stereocenters. The fraction of sp³-hybridized carbons (Fsp3) is 0.304. The van der Waals surface area contributed by atoms with Crippen molar-refractivity contribution in [2.45, 2.75) is 45.6 Å². The average molecular weight is 362 g/mol. The first-order valence-corrected chi connectivity index (χ1v) is 9.57. The van der Waals surface area contributed by atoms with Gasteiger partial charge >= 0.3 is 0 Å². The van der Waals surface area contributed by atoms with Crippen LogP contribution < -0.4 is 5.32 Å². The third kappa shape index (κ3) is 5.07. The minimum atomic E-state index is 0.0386. The number of nitrogens with zero attached hydrogens (tertiary/aromatic N) is 1. The van der Waals surface area contributed by atoms with Crippen LogP contribution in [0.15, 0.2) is 65.1 Å². The summed E-state index contributed by atoms with van der Waals surface area (Å²) in [4.78, 5) is 16.9. The topological polar surface area (TPSA) is 55.1 Å². The van der Waals surface area contributed by atoms with Crippen molar-refractivity contribution in [3.8, 4) is 22.6 Å². The van der Waals surface area contributed by atoms with Crippen molar-refractivity contribution >= 4 is 5.91 Å². The van der Waals surface area contributed by atoms with Gasteiger partial charge in [-0.15, -0.1) is 0 Å². The van der Waals surface area contributed by atoms with E-state index in [4.69, 9.17) is 9.40 Å². The number of aryl methyl sites for hydroxylation is 1. The Bertz CT molecular complexity index is 800. The number of amides is 1. The van der Waals surface area contributed by atoms with Gasteiger partial charge < -0.3 is 9.73 Å². The van der Waals surface area contributed by atoms with Crippen molar-refractivity contribution in [1.82, 2.24) is 10.3 Å². The van der Waals surface area contributed by atoms with Crippen molar-refractivity contribution < 1.29 is 9.21 Å². The lowest BCUT2D eigenvalue weighted by molar-refractivity contribution is -0.121. The largest absolute Gasteiger partial charge is 0.440 e.